The summed E-state index contributed by atoms with van der Waals surface area (Å²) in [5, 5.41) is 20.9. The number of benzene rings is 1. The Morgan fingerprint density at radius 2 is 1.93 bits per heavy atom. The molecule has 1 aromatic carbocycles. The van der Waals surface area contributed by atoms with Crippen LogP contribution in [-0.2, 0) is 11.2 Å². The number of carbonyl (C=O) groups excluding carboxylic acids is 1. The van der Waals surface area contributed by atoms with Crippen molar-refractivity contribution in [3.05, 3.63) is 59.5 Å². The predicted octanol–water partition coefficient (Wildman–Crippen LogP) is 2.33. The van der Waals surface area contributed by atoms with Gasteiger partial charge < -0.3 is 25.3 Å². The second-order valence-corrected chi connectivity index (χ2v) is 5.97. The lowest BCUT2D eigenvalue weighted by Gasteiger charge is -2.03. The first-order valence-electron chi connectivity index (χ1n) is 8.63. The number of carboxylic acids is 2. The van der Waals surface area contributed by atoms with Crippen molar-refractivity contribution in [2.24, 2.45) is 0 Å². The first kappa shape index (κ1) is 21.4. The number of pyridine rings is 1. The molecule has 2 aromatic heterocycles. The average Bonchev–Trinajstić information content (AvgIpc) is 3.10. The molecule has 9 nitrogen and oxygen atoms in total. The van der Waals surface area contributed by atoms with Crippen LogP contribution in [-0.4, -0.2) is 51.7 Å². The van der Waals surface area contributed by atoms with Crippen molar-refractivity contribution < 1.29 is 29.3 Å². The Balaban J connectivity index is 0.000000221. The van der Waals surface area contributed by atoms with Crippen molar-refractivity contribution in [1.29, 1.82) is 0 Å². The van der Waals surface area contributed by atoms with E-state index < -0.39 is 17.6 Å². The van der Waals surface area contributed by atoms with Crippen molar-refractivity contribution >= 4 is 28.7 Å². The monoisotopic (exact) mass is 399 g/mol. The van der Waals surface area contributed by atoms with Gasteiger partial charge in [0.15, 0.2) is 5.69 Å². The molecular weight excluding hydrogens is 378 g/mol. The van der Waals surface area contributed by atoms with Crippen molar-refractivity contribution in [2.75, 3.05) is 13.7 Å². The Morgan fingerprint density at radius 1 is 1.17 bits per heavy atom. The number of carboxylic acid groups (broad SMARTS) is 2. The van der Waals surface area contributed by atoms with Crippen LogP contribution in [0.15, 0.2) is 42.7 Å². The van der Waals surface area contributed by atoms with Crippen molar-refractivity contribution in [2.45, 2.75) is 13.3 Å². The van der Waals surface area contributed by atoms with E-state index in [2.05, 4.69) is 15.3 Å². The van der Waals surface area contributed by atoms with Gasteiger partial charge in [-0.1, -0.05) is 0 Å². The molecule has 0 unspecified atom stereocenters. The SMILES string of the molecule is COc1ccc2[nH]cc(CCNC(C)=O)c2c1.O=C(O)c1cccnc1C(=O)O. The lowest BCUT2D eigenvalue weighted by Crippen LogP contribution is -2.22. The summed E-state index contributed by atoms with van der Waals surface area (Å²) in [6.07, 6.45) is 4.02. The number of ether oxygens (including phenoxy) is 1. The highest BCUT2D eigenvalue weighted by molar-refractivity contribution is 6.00. The second-order valence-electron chi connectivity index (χ2n) is 5.97. The van der Waals surface area contributed by atoms with Crippen molar-refractivity contribution in [1.82, 2.24) is 15.3 Å². The van der Waals surface area contributed by atoms with Crippen LogP contribution >= 0.6 is 0 Å². The molecule has 0 aliphatic carbocycles. The molecule has 4 N–H and O–H groups in total. The highest BCUT2D eigenvalue weighted by atomic mass is 16.5. The molecule has 0 saturated heterocycles. The Morgan fingerprint density at radius 3 is 2.52 bits per heavy atom. The summed E-state index contributed by atoms with van der Waals surface area (Å²) in [4.78, 5) is 38.2. The number of nitrogens with zero attached hydrogens (tertiary/aromatic N) is 1. The predicted molar refractivity (Wildman–Crippen MR) is 105 cm³/mol. The second kappa shape index (κ2) is 9.88. The summed E-state index contributed by atoms with van der Waals surface area (Å²) >= 11 is 0. The quantitative estimate of drug-likeness (QED) is 0.498. The van der Waals surface area contributed by atoms with E-state index in [0.29, 0.717) is 6.54 Å². The smallest absolute Gasteiger partial charge is 0.355 e. The maximum absolute atomic E-state index is 10.8. The summed E-state index contributed by atoms with van der Waals surface area (Å²) < 4.78 is 5.21. The Labute approximate surface area is 166 Å². The molecule has 152 valence electrons. The van der Waals surface area contributed by atoms with Crippen LogP contribution in [0.1, 0.15) is 33.3 Å². The largest absolute Gasteiger partial charge is 0.497 e. The van der Waals surface area contributed by atoms with Crippen LogP contribution in [0, 0.1) is 0 Å². The van der Waals surface area contributed by atoms with Gasteiger partial charge in [-0.3, -0.25) is 4.79 Å². The number of carbonyl (C=O) groups is 3. The van der Waals surface area contributed by atoms with Crippen molar-refractivity contribution in [3.8, 4) is 5.75 Å². The molecule has 0 atom stereocenters. The first-order valence-corrected chi connectivity index (χ1v) is 8.63. The van der Waals surface area contributed by atoms with Gasteiger partial charge in [0.05, 0.1) is 12.7 Å². The zero-order chi connectivity index (χ0) is 21.4. The van der Waals surface area contributed by atoms with Crippen LogP contribution in [0.4, 0.5) is 0 Å². The number of H-pyrrole nitrogens is 1. The molecule has 9 heteroatoms. The molecular formula is C20H21N3O6. The maximum atomic E-state index is 10.8. The fraction of sp³-hybridized carbons (Fsp3) is 0.200. The van der Waals surface area contributed by atoms with Crippen LogP contribution in [0.25, 0.3) is 10.9 Å². The number of hydrogen-bond acceptors (Lipinski definition) is 5. The number of methoxy groups -OCH3 is 1. The van der Waals surface area contributed by atoms with Gasteiger partial charge in [0, 0.05) is 36.8 Å². The van der Waals surface area contributed by atoms with E-state index in [-0.39, 0.29) is 11.5 Å². The zero-order valence-electron chi connectivity index (χ0n) is 15.9. The number of aromatic carboxylic acids is 2. The molecule has 3 rings (SSSR count). The van der Waals surface area contributed by atoms with Gasteiger partial charge in [0.2, 0.25) is 5.91 Å². The average molecular weight is 399 g/mol. The maximum Gasteiger partial charge on any atom is 0.355 e. The van der Waals surface area contributed by atoms with Gasteiger partial charge in [-0.15, -0.1) is 0 Å². The molecule has 3 aromatic rings. The van der Waals surface area contributed by atoms with Crippen LogP contribution < -0.4 is 10.1 Å². The fourth-order valence-corrected chi connectivity index (χ4v) is 2.61. The summed E-state index contributed by atoms with van der Waals surface area (Å²) in [5.41, 5.74) is 1.53. The van der Waals surface area contributed by atoms with Gasteiger partial charge in [-0.05, 0) is 42.3 Å². The minimum Gasteiger partial charge on any atom is -0.497 e. The highest BCUT2D eigenvalue weighted by Crippen LogP contribution is 2.23. The number of aromatic amines is 1. The Kier molecular flexibility index (Phi) is 7.30. The number of nitrogens with one attached hydrogen (secondary N) is 2. The normalized spacial score (nSPS) is 10.0. The van der Waals surface area contributed by atoms with Crippen LogP contribution in [0.2, 0.25) is 0 Å². The summed E-state index contributed by atoms with van der Waals surface area (Å²) in [6, 6.07) is 8.50. The van der Waals surface area contributed by atoms with E-state index in [4.69, 9.17) is 14.9 Å². The minimum absolute atomic E-state index is 0.00224. The van der Waals surface area contributed by atoms with E-state index in [9.17, 15) is 14.4 Å². The van der Waals surface area contributed by atoms with Crippen molar-refractivity contribution in [3.63, 3.8) is 0 Å². The number of hydrogen-bond donors (Lipinski definition) is 4. The standard InChI is InChI=1S/C13H16N2O2.C7H5NO4/c1-9(16)14-6-5-10-8-15-13-4-3-11(17-2)7-12(10)13;9-6(10)4-2-1-3-8-5(4)7(11)12/h3-4,7-8,15H,5-6H2,1-2H3,(H,14,16);1-3H,(H,9,10)(H,11,12). The third-order valence-corrected chi connectivity index (χ3v) is 3.98. The van der Waals surface area contributed by atoms with E-state index in [1.54, 1.807) is 7.11 Å². The third kappa shape index (κ3) is 5.80. The van der Waals surface area contributed by atoms with Gasteiger partial charge >= 0.3 is 11.9 Å². The summed E-state index contributed by atoms with van der Waals surface area (Å²) in [6.45, 7) is 2.18. The molecule has 1 amide bonds. The van der Waals surface area contributed by atoms with E-state index in [0.717, 1.165) is 23.1 Å². The van der Waals surface area contributed by atoms with E-state index in [1.165, 1.54) is 30.8 Å². The van der Waals surface area contributed by atoms with Gasteiger partial charge in [0.1, 0.15) is 5.75 Å². The van der Waals surface area contributed by atoms with Gasteiger partial charge in [0.25, 0.3) is 0 Å². The molecule has 0 saturated carbocycles. The molecule has 0 spiro atoms. The molecule has 0 fully saturated rings. The first-order chi connectivity index (χ1) is 13.8. The number of amides is 1. The van der Waals surface area contributed by atoms with E-state index >= 15 is 0 Å². The third-order valence-electron chi connectivity index (χ3n) is 3.98. The lowest BCUT2D eigenvalue weighted by atomic mass is 10.1. The van der Waals surface area contributed by atoms with Gasteiger partial charge in [-0.2, -0.15) is 0 Å². The lowest BCUT2D eigenvalue weighted by molar-refractivity contribution is -0.118. The van der Waals surface area contributed by atoms with Crippen LogP contribution in [0.5, 0.6) is 5.75 Å². The summed E-state index contributed by atoms with van der Waals surface area (Å²) in [5.74, 6) is -1.78. The van der Waals surface area contributed by atoms with Crippen LogP contribution in [0.3, 0.4) is 0 Å². The fourth-order valence-electron chi connectivity index (χ4n) is 2.61. The molecule has 0 radical (unpaired) electrons. The highest BCUT2D eigenvalue weighted by Gasteiger charge is 2.15. The number of rotatable bonds is 6. The molecule has 29 heavy (non-hydrogen) atoms. The Bertz CT molecular complexity index is 995. The zero-order valence-corrected chi connectivity index (χ0v) is 15.9. The molecule has 0 bridgehead atoms. The van der Waals surface area contributed by atoms with Gasteiger partial charge in [-0.25, -0.2) is 14.6 Å². The summed E-state index contributed by atoms with van der Waals surface area (Å²) in [7, 11) is 1.66. The minimum atomic E-state index is -1.34. The number of aromatic nitrogens is 2. The Hall–Kier alpha value is -3.88. The number of fused-ring (bicyclic) bond motifs is 1. The van der Waals surface area contributed by atoms with E-state index in [1.807, 2.05) is 24.4 Å². The molecule has 0 aliphatic rings. The molecule has 2 heterocycles. The molecule has 0 aliphatic heterocycles. The topological polar surface area (TPSA) is 142 Å².